The van der Waals surface area contributed by atoms with Crippen LogP contribution in [0.1, 0.15) is 11.6 Å². The fraction of sp³-hybridized carbons (Fsp3) is 0.273. The molecule has 0 bridgehead atoms. The number of methoxy groups -OCH3 is 2. The van der Waals surface area contributed by atoms with Crippen LogP contribution >= 0.6 is 0 Å². The minimum absolute atomic E-state index is 0.123. The predicted molar refractivity (Wildman–Crippen MR) is 62.1 cm³/mol. The van der Waals surface area contributed by atoms with Crippen LogP contribution in [0.15, 0.2) is 23.2 Å². The molecule has 1 aromatic rings. The van der Waals surface area contributed by atoms with Gasteiger partial charge in [0.05, 0.1) is 14.2 Å². The third-order valence-corrected chi connectivity index (χ3v) is 2.50. The Hall–Kier alpha value is -2.24. The molecule has 6 heteroatoms. The van der Waals surface area contributed by atoms with E-state index in [4.69, 9.17) is 15.2 Å². The number of hydrogen-bond acceptors (Lipinski definition) is 5. The van der Waals surface area contributed by atoms with Gasteiger partial charge in [-0.1, -0.05) is 0 Å². The van der Waals surface area contributed by atoms with Gasteiger partial charge in [-0.2, -0.15) is 0 Å². The number of aliphatic imine (C=N–C) groups is 1. The normalized spacial score (nSPS) is 18.6. The number of rotatable bonds is 3. The van der Waals surface area contributed by atoms with Gasteiger partial charge in [0.15, 0.2) is 12.0 Å². The van der Waals surface area contributed by atoms with Gasteiger partial charge in [-0.15, -0.1) is 0 Å². The fourth-order valence-electron chi connectivity index (χ4n) is 1.68. The quantitative estimate of drug-likeness (QED) is 0.783. The number of carbonyl (C=O) groups is 1. The minimum atomic E-state index is -0.657. The molecule has 0 saturated heterocycles. The average molecular weight is 235 g/mol. The summed E-state index contributed by atoms with van der Waals surface area (Å²) in [6, 6.07) is 4.53. The summed E-state index contributed by atoms with van der Waals surface area (Å²) < 4.78 is 10.3. The number of hydrogen-bond donors (Lipinski definition) is 2. The molecule has 1 aliphatic heterocycles. The van der Waals surface area contributed by atoms with E-state index in [1.807, 2.05) is 0 Å². The highest BCUT2D eigenvalue weighted by Crippen LogP contribution is 2.32. The monoisotopic (exact) mass is 235 g/mol. The molecule has 1 atom stereocenters. The van der Waals surface area contributed by atoms with Crippen LogP contribution in [-0.2, 0) is 4.79 Å². The molecule has 3 N–H and O–H groups in total. The summed E-state index contributed by atoms with van der Waals surface area (Å²) >= 11 is 0. The Morgan fingerprint density at radius 2 is 2.12 bits per heavy atom. The number of nitrogens with zero attached hydrogens (tertiary/aromatic N) is 1. The van der Waals surface area contributed by atoms with Gasteiger partial charge < -0.3 is 15.2 Å². The van der Waals surface area contributed by atoms with Gasteiger partial charge in [-0.05, 0) is 12.1 Å². The summed E-state index contributed by atoms with van der Waals surface area (Å²) in [6.07, 6.45) is 0. The van der Waals surface area contributed by atoms with E-state index in [1.165, 1.54) is 7.11 Å². The SMILES string of the molecule is COc1ccc(C2N=C(N)NC2=O)c(OC)c1. The van der Waals surface area contributed by atoms with E-state index in [2.05, 4.69) is 10.3 Å². The number of nitrogens with one attached hydrogen (secondary N) is 1. The van der Waals surface area contributed by atoms with E-state index < -0.39 is 6.04 Å². The van der Waals surface area contributed by atoms with Crippen molar-refractivity contribution >= 4 is 11.9 Å². The molecule has 0 aromatic heterocycles. The van der Waals surface area contributed by atoms with Gasteiger partial charge in [-0.3, -0.25) is 10.1 Å². The van der Waals surface area contributed by atoms with Gasteiger partial charge in [0.25, 0.3) is 5.91 Å². The van der Waals surface area contributed by atoms with Crippen LogP contribution in [0, 0.1) is 0 Å². The summed E-state index contributed by atoms with van der Waals surface area (Å²) in [7, 11) is 3.09. The van der Waals surface area contributed by atoms with Crippen molar-refractivity contribution in [3.05, 3.63) is 23.8 Å². The molecule has 0 spiro atoms. The van der Waals surface area contributed by atoms with E-state index in [-0.39, 0.29) is 11.9 Å². The molecule has 1 unspecified atom stereocenters. The van der Waals surface area contributed by atoms with Crippen molar-refractivity contribution in [1.82, 2.24) is 5.32 Å². The smallest absolute Gasteiger partial charge is 0.256 e. The van der Waals surface area contributed by atoms with E-state index >= 15 is 0 Å². The zero-order chi connectivity index (χ0) is 12.4. The van der Waals surface area contributed by atoms with Crippen LogP contribution in [0.4, 0.5) is 0 Å². The third kappa shape index (κ3) is 2.01. The molecule has 90 valence electrons. The molecule has 1 amide bonds. The molecule has 0 fully saturated rings. The van der Waals surface area contributed by atoms with E-state index in [0.717, 1.165) is 0 Å². The van der Waals surface area contributed by atoms with Gasteiger partial charge in [-0.25, -0.2) is 4.99 Å². The number of guanidine groups is 1. The zero-order valence-corrected chi connectivity index (χ0v) is 9.56. The summed E-state index contributed by atoms with van der Waals surface area (Å²) in [5, 5.41) is 2.45. The molecule has 6 nitrogen and oxygen atoms in total. The van der Waals surface area contributed by atoms with Crippen molar-refractivity contribution in [2.45, 2.75) is 6.04 Å². The number of ether oxygens (including phenoxy) is 2. The maximum absolute atomic E-state index is 11.6. The summed E-state index contributed by atoms with van der Waals surface area (Å²) in [5.74, 6) is 1.06. The Bertz CT molecular complexity index is 485. The van der Waals surface area contributed by atoms with Crippen LogP contribution in [0.25, 0.3) is 0 Å². The Morgan fingerprint density at radius 3 is 2.65 bits per heavy atom. The number of nitrogens with two attached hydrogens (primary N) is 1. The highest BCUT2D eigenvalue weighted by Gasteiger charge is 2.29. The summed E-state index contributed by atoms with van der Waals surface area (Å²) in [5.41, 5.74) is 6.11. The van der Waals surface area contributed by atoms with Gasteiger partial charge in [0.2, 0.25) is 0 Å². The molecule has 1 aromatic carbocycles. The second-order valence-electron chi connectivity index (χ2n) is 3.51. The van der Waals surface area contributed by atoms with Crippen LogP contribution in [0.3, 0.4) is 0 Å². The summed E-state index contributed by atoms with van der Waals surface area (Å²) in [4.78, 5) is 15.6. The van der Waals surface area contributed by atoms with Crippen LogP contribution < -0.4 is 20.5 Å². The second-order valence-corrected chi connectivity index (χ2v) is 3.51. The van der Waals surface area contributed by atoms with Crippen molar-refractivity contribution in [3.8, 4) is 11.5 Å². The van der Waals surface area contributed by atoms with Crippen LogP contribution in [0.2, 0.25) is 0 Å². The van der Waals surface area contributed by atoms with Crippen LogP contribution in [-0.4, -0.2) is 26.1 Å². The maximum Gasteiger partial charge on any atom is 0.256 e. The van der Waals surface area contributed by atoms with E-state index in [9.17, 15) is 4.79 Å². The Morgan fingerprint density at radius 1 is 1.35 bits per heavy atom. The van der Waals surface area contributed by atoms with Crippen molar-refractivity contribution < 1.29 is 14.3 Å². The first kappa shape index (κ1) is 11.3. The lowest BCUT2D eigenvalue weighted by molar-refractivity contribution is -0.120. The predicted octanol–water partition coefficient (Wildman–Crippen LogP) is 0.189. The molecular weight excluding hydrogens is 222 g/mol. The zero-order valence-electron chi connectivity index (χ0n) is 9.56. The molecule has 0 saturated carbocycles. The highest BCUT2D eigenvalue weighted by atomic mass is 16.5. The van der Waals surface area contributed by atoms with E-state index in [0.29, 0.717) is 17.1 Å². The maximum atomic E-state index is 11.6. The molecule has 17 heavy (non-hydrogen) atoms. The molecule has 0 radical (unpaired) electrons. The molecule has 2 rings (SSSR count). The fourth-order valence-corrected chi connectivity index (χ4v) is 1.68. The van der Waals surface area contributed by atoms with Crippen molar-refractivity contribution in [2.24, 2.45) is 10.7 Å². The number of amides is 1. The van der Waals surface area contributed by atoms with Crippen molar-refractivity contribution in [2.75, 3.05) is 14.2 Å². The lowest BCUT2D eigenvalue weighted by Gasteiger charge is -2.12. The van der Waals surface area contributed by atoms with Crippen LogP contribution in [0.5, 0.6) is 11.5 Å². The lowest BCUT2D eigenvalue weighted by Crippen LogP contribution is -2.31. The molecular formula is C11H13N3O3. The standard InChI is InChI=1S/C11H13N3O3/c1-16-6-3-4-7(8(5-6)17-2)9-10(15)14-11(12)13-9/h3-5,9H,1-2H3,(H3,12,13,14,15). The average Bonchev–Trinajstić information content (AvgIpc) is 2.67. The Labute approximate surface area is 98.4 Å². The molecule has 1 heterocycles. The first-order valence-electron chi connectivity index (χ1n) is 5.01. The van der Waals surface area contributed by atoms with Gasteiger partial charge >= 0.3 is 0 Å². The summed E-state index contributed by atoms with van der Waals surface area (Å²) in [6.45, 7) is 0. The second kappa shape index (κ2) is 4.32. The highest BCUT2D eigenvalue weighted by molar-refractivity contribution is 6.04. The van der Waals surface area contributed by atoms with Gasteiger partial charge in [0.1, 0.15) is 11.5 Å². The first-order valence-corrected chi connectivity index (χ1v) is 5.01. The van der Waals surface area contributed by atoms with Crippen molar-refractivity contribution in [3.63, 3.8) is 0 Å². The Balaban J connectivity index is 2.41. The number of benzene rings is 1. The van der Waals surface area contributed by atoms with Crippen molar-refractivity contribution in [1.29, 1.82) is 0 Å². The first-order chi connectivity index (χ1) is 8.15. The number of carbonyl (C=O) groups excluding carboxylic acids is 1. The largest absolute Gasteiger partial charge is 0.497 e. The third-order valence-electron chi connectivity index (χ3n) is 2.50. The Kier molecular flexibility index (Phi) is 2.86. The van der Waals surface area contributed by atoms with Gasteiger partial charge in [0, 0.05) is 11.6 Å². The minimum Gasteiger partial charge on any atom is -0.497 e. The topological polar surface area (TPSA) is 85.9 Å². The van der Waals surface area contributed by atoms with E-state index in [1.54, 1.807) is 25.3 Å². The molecule has 0 aliphatic carbocycles. The lowest BCUT2D eigenvalue weighted by atomic mass is 10.1. The molecule has 1 aliphatic rings.